The van der Waals surface area contributed by atoms with E-state index < -0.39 is 23.0 Å². The summed E-state index contributed by atoms with van der Waals surface area (Å²) >= 11 is 0. The van der Waals surface area contributed by atoms with Crippen LogP contribution in [0.4, 0.5) is 14.5 Å². The normalized spacial score (nSPS) is 12.6. The molecule has 0 unspecified atom stereocenters. The zero-order chi connectivity index (χ0) is 16.3. The summed E-state index contributed by atoms with van der Waals surface area (Å²) in [5, 5.41) is 8.66. The second-order valence-electron chi connectivity index (χ2n) is 5.09. The first kappa shape index (κ1) is 13.7. The minimum atomic E-state index is -1.03. The monoisotopic (exact) mass is 316 g/mol. The van der Waals surface area contributed by atoms with Gasteiger partial charge in [-0.25, -0.2) is 19.0 Å². The second-order valence-corrected chi connectivity index (χ2v) is 5.09. The summed E-state index contributed by atoms with van der Waals surface area (Å²) in [5.74, 6) is -2.68. The van der Waals surface area contributed by atoms with E-state index >= 15 is 0 Å². The zero-order valence-corrected chi connectivity index (χ0v) is 11.4. The van der Waals surface area contributed by atoms with Gasteiger partial charge in [-0.2, -0.15) is 5.48 Å². The molecule has 114 valence electrons. The zero-order valence-electron chi connectivity index (χ0n) is 11.4. The van der Waals surface area contributed by atoms with Gasteiger partial charge in [0.15, 0.2) is 11.5 Å². The van der Waals surface area contributed by atoms with E-state index in [1.54, 1.807) is 0 Å². The predicted molar refractivity (Wildman–Crippen MR) is 74.1 cm³/mol. The highest BCUT2D eigenvalue weighted by molar-refractivity contribution is 6.13. The molecule has 0 bridgehead atoms. The summed E-state index contributed by atoms with van der Waals surface area (Å²) in [5.41, 5.74) is 0.606. The van der Waals surface area contributed by atoms with Crippen molar-refractivity contribution < 1.29 is 24.3 Å². The van der Waals surface area contributed by atoms with Gasteiger partial charge < -0.3 is 0 Å². The first-order valence-corrected chi connectivity index (χ1v) is 6.59. The Kier molecular flexibility index (Phi) is 2.68. The number of quaternary nitrogens is 1. The standard InChI is InChI=1S/C15H7F2N3O3/c16-6-3-9(17)12-10(4-6)18-14-13(21)8-5-7(19-23)1-2-11(8)20(14)15(12)22/h1-5,19,23H/p+1. The average molecular weight is 316 g/mol. The lowest BCUT2D eigenvalue weighted by molar-refractivity contribution is -0.825. The SMILES string of the molecule is O=C1c2cc([NH2+]O)ccc2-n2c1nc1cc(F)cc(F)c1c2=O. The molecule has 0 radical (unpaired) electrons. The Morgan fingerprint density at radius 3 is 2.65 bits per heavy atom. The molecular formula is C15H8F2N3O3+. The molecule has 0 atom stereocenters. The van der Waals surface area contributed by atoms with Gasteiger partial charge in [0.1, 0.15) is 17.0 Å². The molecule has 6 nitrogen and oxygen atoms in total. The number of carbonyl (C=O) groups is 1. The number of hydrogen-bond donors (Lipinski definition) is 2. The number of fused-ring (bicyclic) bond motifs is 4. The van der Waals surface area contributed by atoms with Gasteiger partial charge in [-0.3, -0.25) is 14.2 Å². The van der Waals surface area contributed by atoms with Crippen molar-refractivity contribution in [2.75, 3.05) is 0 Å². The molecule has 0 amide bonds. The summed E-state index contributed by atoms with van der Waals surface area (Å²) < 4.78 is 28.3. The lowest BCUT2D eigenvalue weighted by Crippen LogP contribution is -2.73. The van der Waals surface area contributed by atoms with Gasteiger partial charge in [0, 0.05) is 24.3 Å². The van der Waals surface area contributed by atoms with Crippen LogP contribution in [-0.2, 0) is 0 Å². The van der Waals surface area contributed by atoms with E-state index in [4.69, 9.17) is 5.21 Å². The third-order valence-electron chi connectivity index (χ3n) is 3.75. The number of aromatic nitrogens is 2. The van der Waals surface area contributed by atoms with E-state index in [0.717, 1.165) is 16.1 Å². The van der Waals surface area contributed by atoms with Gasteiger partial charge in [-0.1, -0.05) is 0 Å². The summed E-state index contributed by atoms with van der Waals surface area (Å²) in [6, 6.07) is 5.86. The van der Waals surface area contributed by atoms with Crippen LogP contribution in [0.2, 0.25) is 0 Å². The fourth-order valence-electron chi connectivity index (χ4n) is 2.74. The Hall–Kier alpha value is -2.97. The van der Waals surface area contributed by atoms with E-state index in [-0.39, 0.29) is 28.0 Å². The molecule has 3 aromatic rings. The Morgan fingerprint density at radius 2 is 1.91 bits per heavy atom. The summed E-state index contributed by atoms with van der Waals surface area (Å²) in [6.07, 6.45) is 0. The maximum atomic E-state index is 14.0. The molecule has 4 rings (SSSR count). The Morgan fingerprint density at radius 1 is 1.13 bits per heavy atom. The molecule has 0 spiro atoms. The highest BCUT2D eigenvalue weighted by atomic mass is 19.1. The van der Waals surface area contributed by atoms with Crippen LogP contribution in [-0.4, -0.2) is 20.5 Å². The molecule has 1 aromatic heterocycles. The number of ketones is 1. The van der Waals surface area contributed by atoms with Gasteiger partial charge in [-0.05, 0) is 6.07 Å². The molecule has 1 aliphatic heterocycles. The number of carbonyl (C=O) groups excluding carboxylic acids is 1. The minimum absolute atomic E-state index is 0.161. The molecule has 0 aliphatic carbocycles. The summed E-state index contributed by atoms with van der Waals surface area (Å²) in [4.78, 5) is 28.9. The predicted octanol–water partition coefficient (Wildman–Crippen LogP) is 0.792. The molecule has 0 fully saturated rings. The van der Waals surface area contributed by atoms with Crippen molar-refractivity contribution in [3.8, 4) is 5.69 Å². The smallest absolute Gasteiger partial charge is 0.269 e. The number of rotatable bonds is 1. The molecule has 23 heavy (non-hydrogen) atoms. The third-order valence-corrected chi connectivity index (χ3v) is 3.75. The van der Waals surface area contributed by atoms with Crippen molar-refractivity contribution >= 4 is 22.4 Å². The minimum Gasteiger partial charge on any atom is -0.285 e. The number of benzene rings is 2. The molecule has 0 saturated carbocycles. The molecule has 1 aliphatic rings. The Bertz CT molecular complexity index is 1080. The van der Waals surface area contributed by atoms with Crippen LogP contribution in [0.1, 0.15) is 16.2 Å². The van der Waals surface area contributed by atoms with Gasteiger partial charge in [0.2, 0.25) is 5.78 Å². The fourth-order valence-corrected chi connectivity index (χ4v) is 2.74. The van der Waals surface area contributed by atoms with Gasteiger partial charge in [0.05, 0.1) is 16.8 Å². The van der Waals surface area contributed by atoms with Crippen LogP contribution in [0, 0.1) is 11.6 Å². The van der Waals surface area contributed by atoms with Crippen LogP contribution in [0.3, 0.4) is 0 Å². The molecule has 3 N–H and O–H groups in total. The quantitative estimate of drug-likeness (QED) is 0.401. The maximum Gasteiger partial charge on any atom is 0.269 e. The van der Waals surface area contributed by atoms with E-state index in [0.29, 0.717) is 11.8 Å². The van der Waals surface area contributed by atoms with Crippen LogP contribution in [0.25, 0.3) is 16.6 Å². The summed E-state index contributed by atoms with van der Waals surface area (Å²) in [6.45, 7) is 0. The van der Waals surface area contributed by atoms with E-state index in [1.807, 2.05) is 0 Å². The first-order valence-electron chi connectivity index (χ1n) is 6.59. The van der Waals surface area contributed by atoms with E-state index in [9.17, 15) is 18.4 Å². The maximum absolute atomic E-state index is 14.0. The van der Waals surface area contributed by atoms with Crippen LogP contribution in [0.5, 0.6) is 0 Å². The Labute approximate surface area is 126 Å². The molecule has 0 saturated heterocycles. The number of hydrogen-bond acceptors (Lipinski definition) is 4. The topological polar surface area (TPSA) is 88.8 Å². The third kappa shape index (κ3) is 1.76. The van der Waals surface area contributed by atoms with Gasteiger partial charge in [0.25, 0.3) is 5.56 Å². The van der Waals surface area contributed by atoms with Crippen LogP contribution >= 0.6 is 0 Å². The molecule has 2 heterocycles. The number of nitrogens with zero attached hydrogens (tertiary/aromatic N) is 2. The van der Waals surface area contributed by atoms with Crippen molar-refractivity contribution in [3.63, 3.8) is 0 Å². The lowest BCUT2D eigenvalue weighted by Gasteiger charge is -2.06. The van der Waals surface area contributed by atoms with E-state index in [1.165, 1.54) is 18.2 Å². The number of nitrogens with two attached hydrogens (primary N) is 1. The molecule has 2 aromatic carbocycles. The van der Waals surface area contributed by atoms with Gasteiger partial charge in [-0.15, -0.1) is 0 Å². The summed E-state index contributed by atoms with van der Waals surface area (Å²) in [7, 11) is 0. The lowest BCUT2D eigenvalue weighted by atomic mass is 10.1. The average Bonchev–Trinajstić information content (AvgIpc) is 2.79. The highest BCUT2D eigenvalue weighted by Crippen LogP contribution is 2.28. The Balaban J connectivity index is 2.14. The van der Waals surface area contributed by atoms with Crippen LogP contribution < -0.4 is 11.0 Å². The van der Waals surface area contributed by atoms with Crippen LogP contribution in [0.15, 0.2) is 35.1 Å². The van der Waals surface area contributed by atoms with Crippen molar-refractivity contribution in [3.05, 3.63) is 63.7 Å². The van der Waals surface area contributed by atoms with Gasteiger partial charge >= 0.3 is 0 Å². The van der Waals surface area contributed by atoms with Crippen molar-refractivity contribution in [1.29, 1.82) is 0 Å². The van der Waals surface area contributed by atoms with Crippen molar-refractivity contribution in [2.24, 2.45) is 0 Å². The molecular weight excluding hydrogens is 308 g/mol. The largest absolute Gasteiger partial charge is 0.285 e. The number of halogens is 2. The van der Waals surface area contributed by atoms with E-state index in [2.05, 4.69) is 4.98 Å². The first-order chi connectivity index (χ1) is 11.0. The highest BCUT2D eigenvalue weighted by Gasteiger charge is 2.31. The van der Waals surface area contributed by atoms with Crippen molar-refractivity contribution in [2.45, 2.75) is 0 Å². The van der Waals surface area contributed by atoms with Crippen molar-refractivity contribution in [1.82, 2.24) is 9.55 Å². The fraction of sp³-hybridized carbons (Fsp3) is 0. The molecule has 8 heteroatoms. The second kappa shape index (κ2) is 4.51.